The van der Waals surface area contributed by atoms with Crippen molar-refractivity contribution in [3.63, 3.8) is 0 Å². The van der Waals surface area contributed by atoms with Gasteiger partial charge in [0.15, 0.2) is 5.13 Å². The molecule has 0 spiro atoms. The van der Waals surface area contributed by atoms with Gasteiger partial charge in [-0.15, -0.1) is 11.3 Å². The highest BCUT2D eigenvalue weighted by Gasteiger charge is 2.38. The summed E-state index contributed by atoms with van der Waals surface area (Å²) in [6.45, 7) is 0.547. The molecule has 0 aliphatic heterocycles. The summed E-state index contributed by atoms with van der Waals surface area (Å²) < 4.78 is 5.34. The van der Waals surface area contributed by atoms with Crippen LogP contribution in [0.2, 0.25) is 0 Å². The van der Waals surface area contributed by atoms with E-state index in [0.29, 0.717) is 23.0 Å². The zero-order chi connectivity index (χ0) is 19.6. The lowest BCUT2D eigenvalue weighted by Gasteiger charge is -2.37. The first-order chi connectivity index (χ1) is 13.6. The molecule has 1 unspecified atom stereocenters. The first kappa shape index (κ1) is 18.5. The number of carbonyl (C=O) groups is 1. The molecular weight excluding hydrogens is 370 g/mol. The van der Waals surface area contributed by atoms with E-state index in [1.807, 2.05) is 18.2 Å². The SMILES string of the molecule is COc1ccccc1C(=O)NCC1(c2ccccc2)CCc2nc(N)sc2C1. The lowest BCUT2D eigenvalue weighted by atomic mass is 9.70. The molecule has 1 atom stereocenters. The Morgan fingerprint density at radius 2 is 1.96 bits per heavy atom. The number of amides is 1. The number of nitrogens with two attached hydrogens (primary N) is 1. The molecule has 3 N–H and O–H groups in total. The minimum absolute atomic E-state index is 0.123. The van der Waals surface area contributed by atoms with Crippen molar-refractivity contribution in [2.75, 3.05) is 19.4 Å². The van der Waals surface area contributed by atoms with E-state index < -0.39 is 0 Å². The van der Waals surface area contributed by atoms with Crippen LogP contribution in [0.3, 0.4) is 0 Å². The number of carbonyl (C=O) groups excluding carboxylic acids is 1. The van der Waals surface area contributed by atoms with E-state index in [1.165, 1.54) is 10.4 Å². The maximum Gasteiger partial charge on any atom is 0.255 e. The molecule has 1 amide bonds. The second kappa shape index (κ2) is 7.64. The second-order valence-corrected chi connectivity index (χ2v) is 8.24. The van der Waals surface area contributed by atoms with Crippen molar-refractivity contribution < 1.29 is 9.53 Å². The van der Waals surface area contributed by atoms with Crippen LogP contribution in [0.5, 0.6) is 5.75 Å². The van der Waals surface area contributed by atoms with Crippen LogP contribution in [-0.4, -0.2) is 24.5 Å². The topological polar surface area (TPSA) is 77.2 Å². The largest absolute Gasteiger partial charge is 0.496 e. The number of aryl methyl sites for hydroxylation is 1. The van der Waals surface area contributed by atoms with Crippen molar-refractivity contribution in [3.05, 3.63) is 76.3 Å². The molecule has 6 heteroatoms. The van der Waals surface area contributed by atoms with Crippen molar-refractivity contribution in [1.82, 2.24) is 10.3 Å². The third-order valence-electron chi connectivity index (χ3n) is 5.46. The first-order valence-electron chi connectivity index (χ1n) is 9.32. The molecule has 0 fully saturated rings. The average Bonchev–Trinajstić information content (AvgIpc) is 3.11. The Kier molecular flexibility index (Phi) is 5.05. The molecule has 0 bridgehead atoms. The number of fused-ring (bicyclic) bond motifs is 1. The average molecular weight is 394 g/mol. The Morgan fingerprint density at radius 1 is 1.21 bits per heavy atom. The van der Waals surface area contributed by atoms with Crippen molar-refractivity contribution >= 4 is 22.4 Å². The van der Waals surface area contributed by atoms with Crippen LogP contribution in [0.1, 0.15) is 32.9 Å². The Bertz CT molecular complexity index is 986. The molecular formula is C22H23N3O2S. The van der Waals surface area contributed by atoms with Crippen LogP contribution in [0.25, 0.3) is 0 Å². The number of para-hydroxylation sites is 1. The number of nitrogens with zero attached hydrogens (tertiary/aromatic N) is 1. The van der Waals surface area contributed by atoms with Crippen LogP contribution in [0.4, 0.5) is 5.13 Å². The molecule has 1 aromatic heterocycles. The molecule has 0 saturated carbocycles. The quantitative estimate of drug-likeness (QED) is 0.694. The Labute approximate surface area is 168 Å². The molecule has 1 heterocycles. The van der Waals surface area contributed by atoms with E-state index in [2.05, 4.69) is 34.6 Å². The number of hydrogen-bond acceptors (Lipinski definition) is 5. The standard InChI is InChI=1S/C22H23N3O2S/c1-27-18-10-6-5-9-16(18)20(26)24-14-22(15-7-3-2-4-8-15)12-11-17-19(13-22)28-21(23)25-17/h2-10H,11-14H2,1H3,(H2,23,25)(H,24,26). The Balaban J connectivity index is 1.62. The number of rotatable bonds is 5. The van der Waals surface area contributed by atoms with Crippen LogP contribution in [0.15, 0.2) is 54.6 Å². The molecule has 1 aliphatic rings. The highest BCUT2D eigenvalue weighted by atomic mass is 32.1. The van der Waals surface area contributed by atoms with Gasteiger partial charge in [0, 0.05) is 16.8 Å². The number of ether oxygens (including phenoxy) is 1. The van der Waals surface area contributed by atoms with Crippen molar-refractivity contribution in [2.45, 2.75) is 24.7 Å². The van der Waals surface area contributed by atoms with E-state index in [-0.39, 0.29) is 11.3 Å². The van der Waals surface area contributed by atoms with Gasteiger partial charge < -0.3 is 15.8 Å². The summed E-state index contributed by atoms with van der Waals surface area (Å²) >= 11 is 1.56. The Morgan fingerprint density at radius 3 is 2.75 bits per heavy atom. The van der Waals surface area contributed by atoms with E-state index in [4.69, 9.17) is 10.5 Å². The van der Waals surface area contributed by atoms with Crippen LogP contribution >= 0.6 is 11.3 Å². The fraction of sp³-hybridized carbons (Fsp3) is 0.273. The van der Waals surface area contributed by atoms with Gasteiger partial charge in [0.05, 0.1) is 18.4 Å². The molecule has 1 aliphatic carbocycles. The third-order valence-corrected chi connectivity index (χ3v) is 6.39. The summed E-state index contributed by atoms with van der Waals surface area (Å²) in [6.07, 6.45) is 2.61. The summed E-state index contributed by atoms with van der Waals surface area (Å²) in [4.78, 5) is 18.6. The fourth-order valence-electron chi connectivity index (χ4n) is 3.96. The fourth-order valence-corrected chi connectivity index (χ4v) is 4.98. The van der Waals surface area contributed by atoms with Gasteiger partial charge in [0.25, 0.3) is 5.91 Å². The van der Waals surface area contributed by atoms with Crippen LogP contribution in [0, 0.1) is 0 Å². The highest BCUT2D eigenvalue weighted by Crippen LogP contribution is 2.41. The van der Waals surface area contributed by atoms with Crippen molar-refractivity contribution in [1.29, 1.82) is 0 Å². The first-order valence-corrected chi connectivity index (χ1v) is 10.1. The molecule has 144 valence electrons. The number of aromatic nitrogens is 1. The van der Waals surface area contributed by atoms with Gasteiger partial charge >= 0.3 is 0 Å². The summed E-state index contributed by atoms with van der Waals surface area (Å²) in [5.41, 5.74) is 8.64. The summed E-state index contributed by atoms with van der Waals surface area (Å²) in [5, 5.41) is 3.77. The zero-order valence-electron chi connectivity index (χ0n) is 15.8. The van der Waals surface area contributed by atoms with Crippen LogP contribution < -0.4 is 15.8 Å². The van der Waals surface area contributed by atoms with Gasteiger partial charge in [-0.3, -0.25) is 4.79 Å². The summed E-state index contributed by atoms with van der Waals surface area (Å²) in [5.74, 6) is 0.456. The third kappa shape index (κ3) is 3.47. The maximum atomic E-state index is 12.9. The van der Waals surface area contributed by atoms with Gasteiger partial charge in [-0.05, 0) is 37.0 Å². The molecule has 2 aromatic carbocycles. The molecule has 3 aromatic rings. The predicted molar refractivity (Wildman–Crippen MR) is 112 cm³/mol. The monoisotopic (exact) mass is 393 g/mol. The molecule has 4 rings (SSSR count). The van der Waals surface area contributed by atoms with Gasteiger partial charge in [-0.1, -0.05) is 42.5 Å². The normalized spacial score (nSPS) is 18.3. The highest BCUT2D eigenvalue weighted by molar-refractivity contribution is 7.15. The zero-order valence-corrected chi connectivity index (χ0v) is 16.6. The molecule has 0 radical (unpaired) electrons. The maximum absolute atomic E-state index is 12.9. The van der Waals surface area contributed by atoms with Crippen LogP contribution in [-0.2, 0) is 18.3 Å². The number of thiazole rings is 1. The number of hydrogen-bond donors (Lipinski definition) is 2. The Hall–Kier alpha value is -2.86. The minimum atomic E-state index is -0.176. The predicted octanol–water partition coefficient (Wildman–Crippen LogP) is 3.59. The van der Waals surface area contributed by atoms with Gasteiger partial charge in [0.1, 0.15) is 5.75 Å². The number of nitrogens with one attached hydrogen (secondary N) is 1. The van der Waals surface area contributed by atoms with E-state index >= 15 is 0 Å². The van der Waals surface area contributed by atoms with Gasteiger partial charge in [-0.25, -0.2) is 4.98 Å². The molecule has 0 saturated heterocycles. The van der Waals surface area contributed by atoms with Gasteiger partial charge in [-0.2, -0.15) is 0 Å². The molecule has 28 heavy (non-hydrogen) atoms. The number of anilines is 1. The smallest absolute Gasteiger partial charge is 0.255 e. The molecule has 5 nitrogen and oxygen atoms in total. The summed E-state index contributed by atoms with van der Waals surface area (Å²) in [7, 11) is 1.58. The second-order valence-electron chi connectivity index (χ2n) is 7.13. The lowest BCUT2D eigenvalue weighted by Crippen LogP contribution is -2.44. The van der Waals surface area contributed by atoms with Crippen molar-refractivity contribution in [3.8, 4) is 5.75 Å². The number of methoxy groups -OCH3 is 1. The summed E-state index contributed by atoms with van der Waals surface area (Å²) in [6, 6.07) is 17.7. The van der Waals surface area contributed by atoms with Gasteiger partial charge in [0.2, 0.25) is 0 Å². The lowest BCUT2D eigenvalue weighted by molar-refractivity contribution is 0.0937. The number of benzene rings is 2. The van der Waals surface area contributed by atoms with E-state index in [0.717, 1.165) is 25.0 Å². The minimum Gasteiger partial charge on any atom is -0.496 e. The van der Waals surface area contributed by atoms with Crippen molar-refractivity contribution in [2.24, 2.45) is 0 Å². The van der Waals surface area contributed by atoms with E-state index in [9.17, 15) is 4.79 Å². The van der Waals surface area contributed by atoms with E-state index in [1.54, 1.807) is 30.6 Å². The number of nitrogen functional groups attached to an aromatic ring is 1.